The van der Waals surface area contributed by atoms with Crippen LogP contribution >= 0.6 is 27.3 Å². The summed E-state index contributed by atoms with van der Waals surface area (Å²) < 4.78 is 0.834. The van der Waals surface area contributed by atoms with Crippen LogP contribution in [0, 0.1) is 0 Å². The van der Waals surface area contributed by atoms with Crippen LogP contribution in [0.5, 0.6) is 0 Å². The molecule has 0 aliphatic carbocycles. The second-order valence-corrected chi connectivity index (χ2v) is 4.69. The van der Waals surface area contributed by atoms with E-state index in [1.807, 2.05) is 41.8 Å². The highest BCUT2D eigenvalue weighted by Gasteiger charge is 2.10. The Morgan fingerprint density at radius 3 is 2.53 bits per heavy atom. The Labute approximate surface area is 100 Å². The third-order valence-corrected chi connectivity index (χ3v) is 3.69. The van der Waals surface area contributed by atoms with Crippen molar-refractivity contribution >= 4 is 38.9 Å². The lowest BCUT2D eigenvalue weighted by Gasteiger charge is -2.02. The predicted molar refractivity (Wildman–Crippen MR) is 66.4 cm³/mol. The van der Waals surface area contributed by atoms with E-state index in [0.717, 1.165) is 10.2 Å². The van der Waals surface area contributed by atoms with Crippen molar-refractivity contribution in [1.82, 2.24) is 0 Å². The van der Waals surface area contributed by atoms with Crippen molar-refractivity contribution in [2.75, 3.05) is 5.32 Å². The van der Waals surface area contributed by atoms with Gasteiger partial charge in [-0.1, -0.05) is 18.2 Å². The molecule has 1 heterocycles. The molecular formula is C11H8BrNOS. The standard InChI is InChI=1S/C11H8BrNOS/c12-9-6-7-15-10(9)11(14)13-8-4-2-1-3-5-8/h1-7H,(H,13,14). The normalized spacial score (nSPS) is 9.93. The van der Waals surface area contributed by atoms with Crippen molar-refractivity contribution in [1.29, 1.82) is 0 Å². The first kappa shape index (κ1) is 10.4. The number of para-hydroxylation sites is 1. The summed E-state index contributed by atoms with van der Waals surface area (Å²) in [7, 11) is 0. The molecule has 0 saturated carbocycles. The molecule has 0 aliphatic rings. The van der Waals surface area contributed by atoms with Crippen molar-refractivity contribution in [2.24, 2.45) is 0 Å². The lowest BCUT2D eigenvalue weighted by atomic mass is 10.3. The highest BCUT2D eigenvalue weighted by molar-refractivity contribution is 9.10. The molecule has 0 radical (unpaired) electrons. The van der Waals surface area contributed by atoms with Crippen molar-refractivity contribution < 1.29 is 4.79 Å². The molecule has 0 spiro atoms. The van der Waals surface area contributed by atoms with Crippen LogP contribution in [0.2, 0.25) is 0 Å². The Kier molecular flexibility index (Phi) is 3.18. The molecule has 0 unspecified atom stereocenters. The van der Waals surface area contributed by atoms with Gasteiger partial charge in [-0.05, 0) is 39.5 Å². The maximum absolute atomic E-state index is 11.8. The van der Waals surface area contributed by atoms with Crippen LogP contribution < -0.4 is 5.32 Å². The minimum absolute atomic E-state index is 0.0805. The van der Waals surface area contributed by atoms with Crippen molar-refractivity contribution in [3.8, 4) is 0 Å². The third kappa shape index (κ3) is 2.46. The lowest BCUT2D eigenvalue weighted by Crippen LogP contribution is -2.10. The Morgan fingerprint density at radius 2 is 1.93 bits per heavy atom. The Balaban J connectivity index is 2.15. The van der Waals surface area contributed by atoms with Crippen molar-refractivity contribution in [3.63, 3.8) is 0 Å². The number of anilines is 1. The van der Waals surface area contributed by atoms with Crippen LogP contribution in [-0.2, 0) is 0 Å². The topological polar surface area (TPSA) is 29.1 Å². The van der Waals surface area contributed by atoms with Crippen LogP contribution in [0.15, 0.2) is 46.3 Å². The molecule has 2 nitrogen and oxygen atoms in total. The van der Waals surface area contributed by atoms with E-state index in [9.17, 15) is 4.79 Å². The molecule has 1 aromatic carbocycles. The SMILES string of the molecule is O=C(Nc1ccccc1)c1sccc1Br. The van der Waals surface area contributed by atoms with Gasteiger partial charge in [0.1, 0.15) is 4.88 Å². The fourth-order valence-corrected chi connectivity index (χ4v) is 2.61. The average molecular weight is 282 g/mol. The van der Waals surface area contributed by atoms with Gasteiger partial charge < -0.3 is 5.32 Å². The molecule has 76 valence electrons. The molecule has 0 bridgehead atoms. The van der Waals surface area contributed by atoms with Gasteiger partial charge in [-0.15, -0.1) is 11.3 Å². The summed E-state index contributed by atoms with van der Waals surface area (Å²) in [5.41, 5.74) is 0.808. The smallest absolute Gasteiger partial charge is 0.266 e. The number of amides is 1. The van der Waals surface area contributed by atoms with Gasteiger partial charge in [-0.25, -0.2) is 0 Å². The fourth-order valence-electron chi connectivity index (χ4n) is 1.17. The summed E-state index contributed by atoms with van der Waals surface area (Å²) in [6.07, 6.45) is 0. The summed E-state index contributed by atoms with van der Waals surface area (Å²) in [5, 5.41) is 4.71. The maximum atomic E-state index is 11.8. The number of rotatable bonds is 2. The average Bonchev–Trinajstić information content (AvgIpc) is 2.66. The molecule has 0 saturated heterocycles. The quantitative estimate of drug-likeness (QED) is 0.892. The zero-order chi connectivity index (χ0) is 10.7. The van der Waals surface area contributed by atoms with Crippen LogP contribution in [0.4, 0.5) is 5.69 Å². The molecule has 2 rings (SSSR count). The van der Waals surface area contributed by atoms with E-state index < -0.39 is 0 Å². The zero-order valence-corrected chi connectivity index (χ0v) is 10.1. The van der Waals surface area contributed by atoms with E-state index >= 15 is 0 Å². The van der Waals surface area contributed by atoms with Gasteiger partial charge in [0.25, 0.3) is 5.91 Å². The third-order valence-electron chi connectivity index (χ3n) is 1.86. The van der Waals surface area contributed by atoms with Gasteiger partial charge in [-0.2, -0.15) is 0 Å². The summed E-state index contributed by atoms with van der Waals surface area (Å²) in [4.78, 5) is 12.5. The summed E-state index contributed by atoms with van der Waals surface area (Å²) >= 11 is 4.75. The van der Waals surface area contributed by atoms with E-state index in [-0.39, 0.29) is 5.91 Å². The van der Waals surface area contributed by atoms with Crippen molar-refractivity contribution in [3.05, 3.63) is 51.1 Å². The molecule has 0 atom stereocenters. The Bertz CT molecular complexity index is 466. The number of benzene rings is 1. The Morgan fingerprint density at radius 1 is 1.20 bits per heavy atom. The largest absolute Gasteiger partial charge is 0.321 e. The second-order valence-electron chi connectivity index (χ2n) is 2.92. The van der Waals surface area contributed by atoms with Gasteiger partial charge in [0.05, 0.1) is 0 Å². The van der Waals surface area contributed by atoms with E-state index in [1.165, 1.54) is 11.3 Å². The first-order chi connectivity index (χ1) is 7.27. The van der Waals surface area contributed by atoms with E-state index in [4.69, 9.17) is 0 Å². The van der Waals surface area contributed by atoms with Gasteiger partial charge in [0.2, 0.25) is 0 Å². The zero-order valence-electron chi connectivity index (χ0n) is 7.74. The first-order valence-electron chi connectivity index (χ1n) is 4.37. The number of carbonyl (C=O) groups is 1. The second kappa shape index (κ2) is 4.59. The number of halogens is 1. The number of hydrogen-bond acceptors (Lipinski definition) is 2. The van der Waals surface area contributed by atoms with Crippen molar-refractivity contribution in [2.45, 2.75) is 0 Å². The van der Waals surface area contributed by atoms with Gasteiger partial charge in [-0.3, -0.25) is 4.79 Å². The molecule has 1 N–H and O–H groups in total. The monoisotopic (exact) mass is 281 g/mol. The highest BCUT2D eigenvalue weighted by Crippen LogP contribution is 2.23. The van der Waals surface area contributed by atoms with Crippen LogP contribution in [0.3, 0.4) is 0 Å². The number of hydrogen-bond donors (Lipinski definition) is 1. The molecule has 1 amide bonds. The Hall–Kier alpha value is -1.13. The number of carbonyl (C=O) groups excluding carboxylic acids is 1. The van der Waals surface area contributed by atoms with Crippen LogP contribution in [-0.4, -0.2) is 5.91 Å². The fraction of sp³-hybridized carbons (Fsp3) is 0. The first-order valence-corrected chi connectivity index (χ1v) is 6.04. The molecular weight excluding hydrogens is 274 g/mol. The molecule has 4 heteroatoms. The van der Waals surface area contributed by atoms with Gasteiger partial charge in [0, 0.05) is 10.2 Å². The van der Waals surface area contributed by atoms with Crippen LogP contribution in [0.25, 0.3) is 0 Å². The lowest BCUT2D eigenvalue weighted by molar-refractivity contribution is 0.103. The highest BCUT2D eigenvalue weighted by atomic mass is 79.9. The molecule has 1 aromatic heterocycles. The van der Waals surface area contributed by atoms with Gasteiger partial charge >= 0.3 is 0 Å². The maximum Gasteiger partial charge on any atom is 0.266 e. The molecule has 15 heavy (non-hydrogen) atoms. The minimum atomic E-state index is -0.0805. The summed E-state index contributed by atoms with van der Waals surface area (Å²) in [5.74, 6) is -0.0805. The minimum Gasteiger partial charge on any atom is -0.321 e. The summed E-state index contributed by atoms with van der Waals surface area (Å²) in [6.45, 7) is 0. The number of nitrogens with one attached hydrogen (secondary N) is 1. The molecule has 0 fully saturated rings. The van der Waals surface area contributed by atoms with E-state index in [1.54, 1.807) is 0 Å². The summed E-state index contributed by atoms with van der Waals surface area (Å²) in [6, 6.07) is 11.3. The van der Waals surface area contributed by atoms with E-state index in [2.05, 4.69) is 21.2 Å². The molecule has 2 aromatic rings. The van der Waals surface area contributed by atoms with E-state index in [0.29, 0.717) is 4.88 Å². The van der Waals surface area contributed by atoms with Gasteiger partial charge in [0.15, 0.2) is 0 Å². The number of thiophene rings is 1. The predicted octanol–water partition coefficient (Wildman–Crippen LogP) is 3.76. The van der Waals surface area contributed by atoms with Crippen LogP contribution in [0.1, 0.15) is 9.67 Å². The molecule has 0 aliphatic heterocycles.